The van der Waals surface area contributed by atoms with Crippen molar-refractivity contribution in [1.82, 2.24) is 0 Å². The van der Waals surface area contributed by atoms with E-state index in [0.717, 1.165) is 0 Å². The minimum absolute atomic E-state index is 0.153. The Kier molecular flexibility index (Phi) is 3.73. The van der Waals surface area contributed by atoms with Crippen molar-refractivity contribution in [3.63, 3.8) is 0 Å². The summed E-state index contributed by atoms with van der Waals surface area (Å²) in [4.78, 5) is 21.7. The quantitative estimate of drug-likeness (QED) is 0.582. The van der Waals surface area contributed by atoms with Gasteiger partial charge in [0.05, 0.1) is 0 Å². The molecule has 0 amide bonds. The Bertz CT molecular complexity index is 163. The lowest BCUT2D eigenvalue weighted by Crippen LogP contribution is -2.31. The van der Waals surface area contributed by atoms with Crippen LogP contribution >= 0.6 is 31.9 Å². The van der Waals surface area contributed by atoms with Crippen molar-refractivity contribution in [2.24, 2.45) is 0 Å². The van der Waals surface area contributed by atoms with E-state index in [0.29, 0.717) is 6.42 Å². The molecule has 0 saturated carbocycles. The number of Topliss-reactive ketones (excluding diaryl/α,β-unsaturated/α-hetero) is 2. The Morgan fingerprint density at radius 1 is 1.40 bits per heavy atom. The molecule has 0 aliphatic rings. The normalized spacial score (nSPS) is 11.2. The van der Waals surface area contributed by atoms with Gasteiger partial charge in [0.2, 0.25) is 0 Å². The van der Waals surface area contributed by atoms with Crippen LogP contribution in [0.3, 0.4) is 0 Å². The molecule has 0 fully saturated rings. The van der Waals surface area contributed by atoms with Crippen LogP contribution in [0.25, 0.3) is 0 Å². The molecule has 0 bridgehead atoms. The van der Waals surface area contributed by atoms with Crippen molar-refractivity contribution in [2.75, 3.05) is 0 Å². The van der Waals surface area contributed by atoms with Gasteiger partial charge in [-0.05, 0) is 6.92 Å². The van der Waals surface area contributed by atoms with E-state index in [1.807, 2.05) is 0 Å². The lowest BCUT2D eigenvalue weighted by atomic mass is 10.2. The summed E-state index contributed by atoms with van der Waals surface area (Å²) in [7, 11) is 0. The molecule has 0 unspecified atom stereocenters. The first-order valence-electron chi connectivity index (χ1n) is 2.85. The molecule has 0 aromatic heterocycles. The van der Waals surface area contributed by atoms with Gasteiger partial charge in [-0.25, -0.2) is 0 Å². The predicted molar refractivity (Wildman–Crippen MR) is 46.6 cm³/mol. The topological polar surface area (TPSA) is 34.1 Å². The van der Waals surface area contributed by atoms with E-state index in [2.05, 4.69) is 31.9 Å². The molecule has 0 atom stereocenters. The van der Waals surface area contributed by atoms with Crippen molar-refractivity contribution in [3.8, 4) is 0 Å². The largest absolute Gasteiger partial charge is 0.297 e. The Morgan fingerprint density at radius 3 is 1.90 bits per heavy atom. The van der Waals surface area contributed by atoms with Gasteiger partial charge in [-0.15, -0.1) is 0 Å². The maximum Gasteiger partial charge on any atom is 0.196 e. The van der Waals surface area contributed by atoms with Crippen LogP contribution in [0.2, 0.25) is 0 Å². The predicted octanol–water partition coefficient (Wildman–Crippen LogP) is 2.04. The summed E-state index contributed by atoms with van der Waals surface area (Å²) in [5.41, 5.74) is 0. The number of hydrogen-bond donors (Lipinski definition) is 0. The van der Waals surface area contributed by atoms with Crippen LogP contribution in [-0.4, -0.2) is 14.8 Å². The molecule has 10 heavy (non-hydrogen) atoms. The van der Waals surface area contributed by atoms with Crippen LogP contribution in [0, 0.1) is 0 Å². The summed E-state index contributed by atoms with van der Waals surface area (Å²) in [5.74, 6) is -0.376. The molecule has 0 aliphatic heterocycles. The Morgan fingerprint density at radius 2 is 1.80 bits per heavy atom. The van der Waals surface area contributed by atoms with Crippen LogP contribution in [-0.2, 0) is 9.59 Å². The SMILES string of the molecule is CCC(=O)C(Br)(Br)C(C)=O. The third-order valence-corrected chi connectivity index (χ3v) is 3.11. The van der Waals surface area contributed by atoms with Gasteiger partial charge in [0.25, 0.3) is 0 Å². The van der Waals surface area contributed by atoms with E-state index in [9.17, 15) is 9.59 Å². The Balaban J connectivity index is 4.40. The lowest BCUT2D eigenvalue weighted by Gasteiger charge is -2.12. The van der Waals surface area contributed by atoms with E-state index in [4.69, 9.17) is 0 Å². The summed E-state index contributed by atoms with van der Waals surface area (Å²) >= 11 is 5.98. The Labute approximate surface area is 76.6 Å². The highest BCUT2D eigenvalue weighted by atomic mass is 79.9. The number of hydrogen-bond acceptors (Lipinski definition) is 2. The fourth-order valence-electron chi connectivity index (χ4n) is 0.418. The first-order valence-corrected chi connectivity index (χ1v) is 4.43. The monoisotopic (exact) mass is 270 g/mol. The van der Waals surface area contributed by atoms with Crippen LogP contribution in [0.4, 0.5) is 0 Å². The molecule has 0 aromatic rings. The van der Waals surface area contributed by atoms with Gasteiger partial charge in [-0.1, -0.05) is 38.8 Å². The molecular formula is C6H8Br2O2. The van der Waals surface area contributed by atoms with Gasteiger partial charge in [0, 0.05) is 6.42 Å². The third-order valence-electron chi connectivity index (χ3n) is 1.11. The number of alkyl halides is 2. The maximum atomic E-state index is 11.0. The highest BCUT2D eigenvalue weighted by Gasteiger charge is 2.35. The molecule has 0 saturated heterocycles. The summed E-state index contributed by atoms with van der Waals surface area (Å²) in [6.07, 6.45) is 0.343. The lowest BCUT2D eigenvalue weighted by molar-refractivity contribution is -0.125. The Hall–Kier alpha value is 0.300. The number of carbonyl (C=O) groups excluding carboxylic acids is 2. The van der Waals surface area contributed by atoms with Crippen LogP contribution in [0.1, 0.15) is 20.3 Å². The first kappa shape index (κ1) is 10.3. The zero-order chi connectivity index (χ0) is 8.36. The first-order chi connectivity index (χ1) is 4.42. The van der Waals surface area contributed by atoms with Gasteiger partial charge < -0.3 is 0 Å². The van der Waals surface area contributed by atoms with Crippen molar-refractivity contribution in [3.05, 3.63) is 0 Å². The van der Waals surface area contributed by atoms with Gasteiger partial charge >= 0.3 is 0 Å². The summed E-state index contributed by atoms with van der Waals surface area (Å²) in [6.45, 7) is 3.07. The number of carbonyl (C=O) groups is 2. The van der Waals surface area contributed by atoms with Crippen molar-refractivity contribution < 1.29 is 9.59 Å². The standard InChI is InChI=1S/C6H8Br2O2/c1-3-5(10)6(7,8)4(2)9/h3H2,1-2H3. The average Bonchev–Trinajstić information content (AvgIpc) is 1.86. The molecule has 0 N–H and O–H groups in total. The molecule has 2 nitrogen and oxygen atoms in total. The molecular weight excluding hydrogens is 264 g/mol. The summed E-state index contributed by atoms with van der Waals surface area (Å²) in [6, 6.07) is 0. The van der Waals surface area contributed by atoms with Crippen LogP contribution in [0.15, 0.2) is 0 Å². The zero-order valence-corrected chi connectivity index (χ0v) is 8.95. The van der Waals surface area contributed by atoms with E-state index >= 15 is 0 Å². The van der Waals surface area contributed by atoms with Crippen LogP contribution < -0.4 is 0 Å². The van der Waals surface area contributed by atoms with Crippen molar-refractivity contribution in [2.45, 2.75) is 23.5 Å². The van der Waals surface area contributed by atoms with Crippen LogP contribution in [0.5, 0.6) is 0 Å². The number of ketones is 2. The van der Waals surface area contributed by atoms with Gasteiger partial charge in [0.15, 0.2) is 14.8 Å². The molecule has 0 aromatic carbocycles. The summed E-state index contributed by atoms with van der Waals surface area (Å²) in [5, 5.41) is 0. The molecule has 0 radical (unpaired) electrons. The van der Waals surface area contributed by atoms with Crippen molar-refractivity contribution in [1.29, 1.82) is 0 Å². The minimum atomic E-state index is -1.14. The summed E-state index contributed by atoms with van der Waals surface area (Å²) < 4.78 is -1.14. The third kappa shape index (κ3) is 2.16. The average molecular weight is 272 g/mol. The van der Waals surface area contributed by atoms with Crippen molar-refractivity contribution >= 4 is 43.4 Å². The van der Waals surface area contributed by atoms with Gasteiger partial charge in [0.1, 0.15) is 0 Å². The molecule has 58 valence electrons. The van der Waals surface area contributed by atoms with E-state index < -0.39 is 3.23 Å². The van der Waals surface area contributed by atoms with E-state index in [1.165, 1.54) is 6.92 Å². The van der Waals surface area contributed by atoms with Gasteiger partial charge in [-0.2, -0.15) is 0 Å². The minimum Gasteiger partial charge on any atom is -0.297 e. The molecule has 0 aliphatic carbocycles. The van der Waals surface area contributed by atoms with E-state index in [-0.39, 0.29) is 11.6 Å². The molecule has 0 heterocycles. The fourth-order valence-corrected chi connectivity index (χ4v) is 0.979. The molecule has 4 heteroatoms. The smallest absolute Gasteiger partial charge is 0.196 e. The fraction of sp³-hybridized carbons (Fsp3) is 0.667. The second kappa shape index (κ2) is 3.62. The second-order valence-electron chi connectivity index (χ2n) is 1.91. The molecule has 0 rings (SSSR count). The number of rotatable bonds is 3. The highest BCUT2D eigenvalue weighted by Crippen LogP contribution is 2.29. The van der Waals surface area contributed by atoms with E-state index in [1.54, 1.807) is 6.92 Å². The molecule has 0 spiro atoms. The van der Waals surface area contributed by atoms with Gasteiger partial charge in [-0.3, -0.25) is 9.59 Å². The zero-order valence-electron chi connectivity index (χ0n) is 5.78. The highest BCUT2D eigenvalue weighted by molar-refractivity contribution is 9.26. The second-order valence-corrected chi connectivity index (χ2v) is 5.35. The number of halogens is 2. The maximum absolute atomic E-state index is 11.0.